The lowest BCUT2D eigenvalue weighted by Gasteiger charge is -2.18. The molecule has 0 saturated carbocycles. The molecular weight excluding hydrogens is 252 g/mol. The van der Waals surface area contributed by atoms with Crippen LogP contribution in [0.3, 0.4) is 0 Å². The molecule has 18 heavy (non-hydrogen) atoms. The Hall–Kier alpha value is -1.32. The molecule has 1 aromatic carbocycles. The second-order valence-electron chi connectivity index (χ2n) is 4.42. The highest BCUT2D eigenvalue weighted by Crippen LogP contribution is 2.25. The standard InChI is InChI=1S/C14H17ClO3/c1-4-18-13(16)6-5-10-7-11(14(2,3)17)9-12(15)8-10/h5-9,17H,4H2,1-3H3. The molecule has 0 aliphatic rings. The van der Waals surface area contributed by atoms with Crippen molar-refractivity contribution in [3.8, 4) is 0 Å². The van der Waals surface area contributed by atoms with Crippen molar-refractivity contribution >= 4 is 23.6 Å². The van der Waals surface area contributed by atoms with Gasteiger partial charge in [-0.15, -0.1) is 0 Å². The van der Waals surface area contributed by atoms with Crippen LogP contribution in [0, 0.1) is 0 Å². The van der Waals surface area contributed by atoms with E-state index in [0.717, 1.165) is 5.56 Å². The van der Waals surface area contributed by atoms with Crippen LogP contribution in [-0.4, -0.2) is 17.7 Å². The number of carbonyl (C=O) groups excluding carboxylic acids is 1. The van der Waals surface area contributed by atoms with Crippen LogP contribution in [0.1, 0.15) is 31.9 Å². The molecule has 3 nitrogen and oxygen atoms in total. The van der Waals surface area contributed by atoms with Crippen LogP contribution in [0.4, 0.5) is 0 Å². The van der Waals surface area contributed by atoms with Gasteiger partial charge in [0.2, 0.25) is 0 Å². The fraction of sp³-hybridized carbons (Fsp3) is 0.357. The van der Waals surface area contributed by atoms with Crippen molar-refractivity contribution in [3.05, 3.63) is 40.4 Å². The van der Waals surface area contributed by atoms with Crippen LogP contribution in [0.15, 0.2) is 24.3 Å². The molecule has 0 radical (unpaired) electrons. The summed E-state index contributed by atoms with van der Waals surface area (Å²) in [7, 11) is 0. The summed E-state index contributed by atoms with van der Waals surface area (Å²) in [6, 6.07) is 5.19. The highest BCUT2D eigenvalue weighted by Gasteiger charge is 2.16. The number of carbonyl (C=O) groups is 1. The summed E-state index contributed by atoms with van der Waals surface area (Å²) in [5.74, 6) is -0.401. The van der Waals surface area contributed by atoms with Gasteiger partial charge in [-0.2, -0.15) is 0 Å². The third-order valence-electron chi connectivity index (χ3n) is 2.33. The lowest BCUT2D eigenvalue weighted by atomic mass is 9.96. The third-order valence-corrected chi connectivity index (χ3v) is 2.54. The van der Waals surface area contributed by atoms with Crippen LogP contribution in [-0.2, 0) is 15.1 Å². The van der Waals surface area contributed by atoms with Crippen LogP contribution in [0.25, 0.3) is 6.08 Å². The highest BCUT2D eigenvalue weighted by molar-refractivity contribution is 6.30. The Labute approximate surface area is 112 Å². The number of hydrogen-bond acceptors (Lipinski definition) is 3. The van der Waals surface area contributed by atoms with E-state index in [2.05, 4.69) is 0 Å². The Morgan fingerprint density at radius 1 is 1.44 bits per heavy atom. The monoisotopic (exact) mass is 268 g/mol. The second-order valence-corrected chi connectivity index (χ2v) is 4.85. The molecule has 0 spiro atoms. The van der Waals surface area contributed by atoms with Crippen molar-refractivity contribution in [1.29, 1.82) is 0 Å². The molecule has 1 rings (SSSR count). The van der Waals surface area contributed by atoms with Gasteiger partial charge in [0.05, 0.1) is 12.2 Å². The van der Waals surface area contributed by atoms with Crippen LogP contribution >= 0.6 is 11.6 Å². The van der Waals surface area contributed by atoms with Crippen molar-refractivity contribution in [3.63, 3.8) is 0 Å². The predicted molar refractivity (Wildman–Crippen MR) is 72.4 cm³/mol. The summed E-state index contributed by atoms with van der Waals surface area (Å²) in [4.78, 5) is 11.2. The molecule has 0 bridgehead atoms. The van der Waals surface area contributed by atoms with E-state index in [1.165, 1.54) is 6.08 Å². The maximum atomic E-state index is 11.2. The average molecular weight is 269 g/mol. The zero-order valence-electron chi connectivity index (χ0n) is 10.7. The fourth-order valence-corrected chi connectivity index (χ4v) is 1.66. The normalized spacial score (nSPS) is 11.8. The molecule has 98 valence electrons. The summed E-state index contributed by atoms with van der Waals surface area (Å²) in [6.07, 6.45) is 2.95. The summed E-state index contributed by atoms with van der Waals surface area (Å²) in [5.41, 5.74) is 0.461. The van der Waals surface area contributed by atoms with Gasteiger partial charge in [-0.25, -0.2) is 4.79 Å². The Balaban J connectivity index is 2.97. The summed E-state index contributed by atoms with van der Waals surface area (Å²) >= 11 is 5.97. The SMILES string of the molecule is CCOC(=O)C=Cc1cc(Cl)cc(C(C)(C)O)c1. The quantitative estimate of drug-likeness (QED) is 0.674. The minimum atomic E-state index is -0.975. The molecule has 0 aromatic heterocycles. The average Bonchev–Trinajstić information content (AvgIpc) is 2.25. The molecule has 0 heterocycles. The Morgan fingerprint density at radius 3 is 2.67 bits per heavy atom. The van der Waals surface area contributed by atoms with Gasteiger partial charge in [-0.3, -0.25) is 0 Å². The first-order valence-corrected chi connectivity index (χ1v) is 6.09. The molecule has 0 aliphatic carbocycles. The van der Waals surface area contributed by atoms with Gasteiger partial charge in [0.25, 0.3) is 0 Å². The topological polar surface area (TPSA) is 46.5 Å². The summed E-state index contributed by atoms with van der Waals surface area (Å²) in [5, 5.41) is 10.4. The summed E-state index contributed by atoms with van der Waals surface area (Å²) in [6.45, 7) is 5.44. The van der Waals surface area contributed by atoms with Gasteiger partial charge in [0.1, 0.15) is 0 Å². The largest absolute Gasteiger partial charge is 0.463 e. The van der Waals surface area contributed by atoms with E-state index in [9.17, 15) is 9.90 Å². The summed E-state index contributed by atoms with van der Waals surface area (Å²) < 4.78 is 4.78. The second kappa shape index (κ2) is 6.03. The van der Waals surface area contributed by atoms with Crippen molar-refractivity contribution in [1.82, 2.24) is 0 Å². The number of esters is 1. The van der Waals surface area contributed by atoms with E-state index in [1.807, 2.05) is 0 Å². The number of halogens is 1. The number of aliphatic hydroxyl groups is 1. The molecular formula is C14H17ClO3. The maximum Gasteiger partial charge on any atom is 0.330 e. The van der Waals surface area contributed by atoms with Crippen molar-refractivity contribution < 1.29 is 14.6 Å². The highest BCUT2D eigenvalue weighted by atomic mass is 35.5. The lowest BCUT2D eigenvalue weighted by Crippen LogP contribution is -2.15. The molecule has 4 heteroatoms. The van der Waals surface area contributed by atoms with Gasteiger partial charge < -0.3 is 9.84 Å². The Morgan fingerprint density at radius 2 is 2.11 bits per heavy atom. The van der Waals surface area contributed by atoms with E-state index in [0.29, 0.717) is 17.2 Å². The first-order chi connectivity index (χ1) is 8.32. The first kappa shape index (κ1) is 14.7. The molecule has 0 aliphatic heterocycles. The Bertz CT molecular complexity index is 459. The van der Waals surface area contributed by atoms with E-state index in [-0.39, 0.29) is 0 Å². The van der Waals surface area contributed by atoms with Crippen molar-refractivity contribution in [2.75, 3.05) is 6.61 Å². The van der Waals surface area contributed by atoms with E-state index in [1.54, 1.807) is 45.0 Å². The van der Waals surface area contributed by atoms with Gasteiger partial charge in [0, 0.05) is 11.1 Å². The number of ether oxygens (including phenoxy) is 1. The van der Waals surface area contributed by atoms with E-state index in [4.69, 9.17) is 16.3 Å². The molecule has 0 amide bonds. The van der Waals surface area contributed by atoms with E-state index >= 15 is 0 Å². The molecule has 0 unspecified atom stereocenters. The maximum absolute atomic E-state index is 11.2. The molecule has 1 aromatic rings. The van der Waals surface area contributed by atoms with Crippen molar-refractivity contribution in [2.45, 2.75) is 26.4 Å². The van der Waals surface area contributed by atoms with Gasteiger partial charge in [-0.05, 0) is 56.2 Å². The molecule has 0 atom stereocenters. The van der Waals surface area contributed by atoms with Gasteiger partial charge in [0.15, 0.2) is 0 Å². The minimum Gasteiger partial charge on any atom is -0.463 e. The molecule has 0 fully saturated rings. The Kier molecular flexibility index (Phi) is 4.93. The number of rotatable bonds is 4. The zero-order valence-corrected chi connectivity index (χ0v) is 11.5. The molecule has 1 N–H and O–H groups in total. The fourth-order valence-electron chi connectivity index (χ4n) is 1.42. The van der Waals surface area contributed by atoms with Crippen LogP contribution < -0.4 is 0 Å². The van der Waals surface area contributed by atoms with Gasteiger partial charge in [-0.1, -0.05) is 11.6 Å². The minimum absolute atomic E-state index is 0.341. The number of benzene rings is 1. The zero-order chi connectivity index (χ0) is 13.8. The smallest absolute Gasteiger partial charge is 0.330 e. The van der Waals surface area contributed by atoms with E-state index < -0.39 is 11.6 Å². The van der Waals surface area contributed by atoms with Crippen LogP contribution in [0.5, 0.6) is 0 Å². The van der Waals surface area contributed by atoms with Gasteiger partial charge >= 0.3 is 5.97 Å². The predicted octanol–water partition coefficient (Wildman–Crippen LogP) is 3.14. The number of hydrogen-bond donors (Lipinski definition) is 1. The van der Waals surface area contributed by atoms with Crippen LogP contribution in [0.2, 0.25) is 5.02 Å². The molecule has 0 saturated heterocycles. The first-order valence-electron chi connectivity index (χ1n) is 5.71. The lowest BCUT2D eigenvalue weighted by molar-refractivity contribution is -0.137. The van der Waals surface area contributed by atoms with Crippen molar-refractivity contribution in [2.24, 2.45) is 0 Å². The third kappa shape index (κ3) is 4.51.